The van der Waals surface area contributed by atoms with Crippen molar-refractivity contribution in [2.75, 3.05) is 13.2 Å². The largest absolute Gasteiger partial charge is 0.488 e. The van der Waals surface area contributed by atoms with Gasteiger partial charge in [0.2, 0.25) is 0 Å². The number of ether oxygens (including phenoxy) is 2. The first-order chi connectivity index (χ1) is 11.7. The van der Waals surface area contributed by atoms with Crippen molar-refractivity contribution in [3.05, 3.63) is 52.3 Å². The molecule has 0 amide bonds. The van der Waals surface area contributed by atoms with Crippen molar-refractivity contribution in [1.82, 2.24) is 0 Å². The van der Waals surface area contributed by atoms with Crippen LogP contribution in [0, 0.1) is 24.1 Å². The molecule has 0 unspecified atom stereocenters. The van der Waals surface area contributed by atoms with E-state index in [9.17, 15) is 9.65 Å². The summed E-state index contributed by atoms with van der Waals surface area (Å²) in [5.74, 6) is 0.710. The molecule has 4 heteroatoms. The summed E-state index contributed by atoms with van der Waals surface area (Å²) in [5, 5.41) is 9.37. The van der Waals surface area contributed by atoms with E-state index in [1.165, 1.54) is 6.07 Å². The number of nitrogens with zero attached hydrogens (tertiary/aromatic N) is 1. The molecule has 2 heterocycles. The van der Waals surface area contributed by atoms with Crippen LogP contribution in [0.4, 0.5) is 4.39 Å². The Bertz CT molecular complexity index is 819. The van der Waals surface area contributed by atoms with Gasteiger partial charge >= 0.3 is 0 Å². The van der Waals surface area contributed by atoms with Crippen LogP contribution in [0.3, 0.4) is 0 Å². The summed E-state index contributed by atoms with van der Waals surface area (Å²) in [6.07, 6.45) is 0. The van der Waals surface area contributed by atoms with E-state index in [-0.39, 0.29) is 11.7 Å². The summed E-state index contributed by atoms with van der Waals surface area (Å²) in [4.78, 5) is 0. The topological polar surface area (TPSA) is 42.2 Å². The lowest BCUT2D eigenvalue weighted by Gasteiger charge is -2.29. The standard InChI is InChI=1S/C18H14FNO2.C2H6/c1-10-2-18-16(5-17(10)19)15-4-14(13-7-21-8-13)11(6-20)3-12(15)9-22-18;1-2/h2-5,13H,7-9H2,1H3;1-2H3. The van der Waals surface area contributed by atoms with Crippen LogP contribution in [0.1, 0.15) is 42.0 Å². The quantitative estimate of drug-likeness (QED) is 0.763. The molecule has 3 nitrogen and oxygen atoms in total. The molecular weight excluding hydrogens is 305 g/mol. The molecule has 0 aliphatic carbocycles. The number of rotatable bonds is 1. The van der Waals surface area contributed by atoms with Gasteiger partial charge in [-0.3, -0.25) is 0 Å². The van der Waals surface area contributed by atoms with Crippen LogP contribution in [0.2, 0.25) is 0 Å². The first kappa shape index (κ1) is 16.5. The van der Waals surface area contributed by atoms with Gasteiger partial charge in [-0.2, -0.15) is 5.26 Å². The van der Waals surface area contributed by atoms with Gasteiger partial charge in [0.25, 0.3) is 0 Å². The Balaban J connectivity index is 0.000000815. The van der Waals surface area contributed by atoms with Gasteiger partial charge in [0.05, 0.1) is 24.8 Å². The second-order valence-corrected chi connectivity index (χ2v) is 5.83. The minimum atomic E-state index is -0.243. The molecule has 2 aromatic rings. The number of halogens is 1. The van der Waals surface area contributed by atoms with Crippen LogP contribution in [0.25, 0.3) is 11.1 Å². The van der Waals surface area contributed by atoms with Gasteiger partial charge in [0, 0.05) is 11.5 Å². The number of hydrogen-bond acceptors (Lipinski definition) is 3. The molecule has 2 aliphatic heterocycles. The van der Waals surface area contributed by atoms with Gasteiger partial charge in [0.1, 0.15) is 18.2 Å². The van der Waals surface area contributed by atoms with Crippen LogP contribution in [-0.4, -0.2) is 13.2 Å². The third kappa shape index (κ3) is 2.65. The summed E-state index contributed by atoms with van der Waals surface area (Å²) < 4.78 is 24.9. The lowest BCUT2D eigenvalue weighted by molar-refractivity contribution is 0.00832. The number of aryl methyl sites for hydroxylation is 1. The van der Waals surface area contributed by atoms with E-state index >= 15 is 0 Å². The van der Waals surface area contributed by atoms with Crippen molar-refractivity contribution in [2.45, 2.75) is 33.3 Å². The monoisotopic (exact) mass is 325 g/mol. The molecule has 1 saturated heterocycles. The Morgan fingerprint density at radius 2 is 1.88 bits per heavy atom. The molecule has 24 heavy (non-hydrogen) atoms. The van der Waals surface area contributed by atoms with Gasteiger partial charge in [-0.1, -0.05) is 13.8 Å². The van der Waals surface area contributed by atoms with E-state index in [0.29, 0.717) is 36.7 Å². The van der Waals surface area contributed by atoms with Crippen molar-refractivity contribution in [3.8, 4) is 22.9 Å². The number of benzene rings is 2. The second kappa shape index (κ2) is 6.62. The highest BCUT2D eigenvalue weighted by atomic mass is 19.1. The van der Waals surface area contributed by atoms with Crippen LogP contribution in [0.5, 0.6) is 5.75 Å². The van der Waals surface area contributed by atoms with E-state index in [1.54, 1.807) is 13.0 Å². The molecule has 2 aliphatic rings. The van der Waals surface area contributed by atoms with Crippen molar-refractivity contribution < 1.29 is 13.9 Å². The minimum absolute atomic E-state index is 0.243. The molecule has 1 fully saturated rings. The van der Waals surface area contributed by atoms with E-state index in [0.717, 1.165) is 22.3 Å². The number of fused-ring (bicyclic) bond motifs is 3. The fraction of sp³-hybridized carbons (Fsp3) is 0.350. The highest BCUT2D eigenvalue weighted by Crippen LogP contribution is 2.41. The Hall–Kier alpha value is -2.38. The third-order valence-corrected chi connectivity index (χ3v) is 4.41. The van der Waals surface area contributed by atoms with Gasteiger partial charge in [0.15, 0.2) is 0 Å². The van der Waals surface area contributed by atoms with Crippen LogP contribution < -0.4 is 4.74 Å². The van der Waals surface area contributed by atoms with E-state index in [4.69, 9.17) is 9.47 Å². The number of nitriles is 1. The molecule has 0 aromatic heterocycles. The number of hydrogen-bond donors (Lipinski definition) is 0. The summed E-state index contributed by atoms with van der Waals surface area (Å²) >= 11 is 0. The Labute approximate surface area is 141 Å². The fourth-order valence-corrected chi connectivity index (χ4v) is 3.02. The molecule has 0 bridgehead atoms. The van der Waals surface area contributed by atoms with Crippen molar-refractivity contribution in [1.29, 1.82) is 5.26 Å². The van der Waals surface area contributed by atoms with E-state index < -0.39 is 0 Å². The Morgan fingerprint density at radius 1 is 1.12 bits per heavy atom. The zero-order valence-corrected chi connectivity index (χ0v) is 14.1. The van der Waals surface area contributed by atoms with E-state index in [1.807, 2.05) is 26.0 Å². The Kier molecular flexibility index (Phi) is 4.55. The fourth-order valence-electron chi connectivity index (χ4n) is 3.02. The molecule has 0 N–H and O–H groups in total. The van der Waals surface area contributed by atoms with Crippen LogP contribution >= 0.6 is 0 Å². The summed E-state index contributed by atoms with van der Waals surface area (Å²) in [7, 11) is 0. The summed E-state index contributed by atoms with van der Waals surface area (Å²) in [5.41, 5.74) is 4.86. The highest BCUT2D eigenvalue weighted by molar-refractivity contribution is 5.77. The molecule has 0 spiro atoms. The van der Waals surface area contributed by atoms with Crippen LogP contribution in [0.15, 0.2) is 24.3 Å². The maximum Gasteiger partial charge on any atom is 0.128 e. The third-order valence-electron chi connectivity index (χ3n) is 4.41. The van der Waals surface area contributed by atoms with Gasteiger partial charge in [-0.15, -0.1) is 0 Å². The molecule has 4 rings (SSSR count). The molecule has 2 aromatic carbocycles. The maximum atomic E-state index is 14.0. The van der Waals surface area contributed by atoms with Crippen LogP contribution in [-0.2, 0) is 11.3 Å². The smallest absolute Gasteiger partial charge is 0.128 e. The van der Waals surface area contributed by atoms with Crippen molar-refractivity contribution in [2.24, 2.45) is 0 Å². The van der Waals surface area contributed by atoms with E-state index in [2.05, 4.69) is 6.07 Å². The summed E-state index contributed by atoms with van der Waals surface area (Å²) in [6.45, 7) is 7.41. The van der Waals surface area contributed by atoms with Gasteiger partial charge in [-0.25, -0.2) is 4.39 Å². The minimum Gasteiger partial charge on any atom is -0.488 e. The van der Waals surface area contributed by atoms with Crippen molar-refractivity contribution in [3.63, 3.8) is 0 Å². The van der Waals surface area contributed by atoms with Gasteiger partial charge in [-0.05, 0) is 53.4 Å². The first-order valence-electron chi connectivity index (χ1n) is 8.25. The zero-order chi connectivity index (χ0) is 17.3. The molecule has 0 radical (unpaired) electrons. The maximum absolute atomic E-state index is 14.0. The average molecular weight is 325 g/mol. The lowest BCUT2D eigenvalue weighted by Crippen LogP contribution is -2.26. The van der Waals surface area contributed by atoms with Gasteiger partial charge < -0.3 is 9.47 Å². The van der Waals surface area contributed by atoms with Crippen molar-refractivity contribution >= 4 is 0 Å². The molecule has 124 valence electrons. The Morgan fingerprint density at radius 3 is 2.50 bits per heavy atom. The first-order valence-corrected chi connectivity index (χ1v) is 8.25. The predicted molar refractivity (Wildman–Crippen MR) is 90.5 cm³/mol. The summed E-state index contributed by atoms with van der Waals surface area (Å²) in [6, 6.07) is 9.39. The lowest BCUT2D eigenvalue weighted by atomic mass is 9.86. The second-order valence-electron chi connectivity index (χ2n) is 5.83. The highest BCUT2D eigenvalue weighted by Gasteiger charge is 2.27. The molecular formula is C20H20FNO2. The molecule has 0 atom stereocenters. The zero-order valence-electron chi connectivity index (χ0n) is 14.1. The average Bonchev–Trinajstić information content (AvgIpc) is 2.56. The normalized spacial score (nSPS) is 15.0. The SMILES string of the molecule is CC.Cc1cc2c(cc1F)-c1cc(C3COC3)c(C#N)cc1CO2. The molecule has 0 saturated carbocycles. The predicted octanol–water partition coefficient (Wildman–Crippen LogP) is 4.71.